The van der Waals surface area contributed by atoms with Crippen molar-refractivity contribution in [1.82, 2.24) is 10.2 Å². The number of hydrogen-bond donors (Lipinski definition) is 3. The molecular formula is C31H39BrF3N3O5. The standard InChI is InChI=1S/C29H38BrN3O3.C2HF3O2/c1-35-25-12-11-20(17-26(25)36-2)29-14-13-23(32-28(34)31-22-8-6-7-21(30)18-22)19-27(29)33(16-15-29)24-9-4-3-5-10-24;3-2(4,5)1(6)7/h6-8,11-12,17-18,23-24,27H,3-5,9-10,13-16,19H2,1-2H3,(H2,31,32,34);(H,6,7). The first-order valence-electron chi connectivity index (χ1n) is 14.6. The fourth-order valence-electron chi connectivity index (χ4n) is 6.97. The van der Waals surface area contributed by atoms with Gasteiger partial charge in [0.25, 0.3) is 0 Å². The Labute approximate surface area is 258 Å². The number of carbonyl (C=O) groups excluding carboxylic acids is 1. The number of urea groups is 1. The molecule has 3 atom stereocenters. The van der Waals surface area contributed by atoms with E-state index in [1.54, 1.807) is 14.2 Å². The van der Waals surface area contributed by atoms with Crippen LogP contribution in [0.25, 0.3) is 0 Å². The first-order chi connectivity index (χ1) is 20.5. The number of ether oxygens (including phenoxy) is 2. The predicted octanol–water partition coefficient (Wildman–Crippen LogP) is 7.12. The number of fused-ring (bicyclic) bond motifs is 1. The number of anilines is 1. The lowest BCUT2D eigenvalue weighted by atomic mass is 9.64. The number of amides is 2. The van der Waals surface area contributed by atoms with Crippen LogP contribution in [0.1, 0.15) is 63.4 Å². The number of nitrogens with one attached hydrogen (secondary N) is 2. The van der Waals surface area contributed by atoms with Gasteiger partial charge in [-0.2, -0.15) is 13.2 Å². The number of benzene rings is 2. The molecule has 3 fully saturated rings. The van der Waals surface area contributed by atoms with Crippen molar-refractivity contribution in [3.63, 3.8) is 0 Å². The molecule has 3 N–H and O–H groups in total. The Balaban J connectivity index is 0.000000541. The van der Waals surface area contributed by atoms with Gasteiger partial charge in [0.1, 0.15) is 0 Å². The zero-order chi connectivity index (χ0) is 31.2. The lowest BCUT2D eigenvalue weighted by Gasteiger charge is -2.47. The summed E-state index contributed by atoms with van der Waals surface area (Å²) in [6, 6.07) is 15.3. The Morgan fingerprint density at radius 2 is 1.70 bits per heavy atom. The maximum atomic E-state index is 12.9. The molecule has 2 aromatic rings. The van der Waals surface area contributed by atoms with Crippen molar-refractivity contribution < 1.29 is 37.3 Å². The van der Waals surface area contributed by atoms with Gasteiger partial charge in [0.05, 0.1) is 14.2 Å². The fraction of sp³-hybridized carbons (Fsp3) is 0.548. The summed E-state index contributed by atoms with van der Waals surface area (Å²) < 4.78 is 43.9. The fourth-order valence-corrected chi connectivity index (χ4v) is 7.37. The monoisotopic (exact) mass is 669 g/mol. The van der Waals surface area contributed by atoms with Gasteiger partial charge in [0.15, 0.2) is 11.5 Å². The molecule has 236 valence electrons. The van der Waals surface area contributed by atoms with Crippen LogP contribution in [-0.2, 0) is 10.2 Å². The number of aliphatic carboxylic acids is 1. The van der Waals surface area contributed by atoms with Crippen LogP contribution in [0.3, 0.4) is 0 Å². The summed E-state index contributed by atoms with van der Waals surface area (Å²) in [5, 5.41) is 13.4. The van der Waals surface area contributed by atoms with Gasteiger partial charge >= 0.3 is 18.2 Å². The van der Waals surface area contributed by atoms with Crippen molar-refractivity contribution in [2.45, 2.75) is 87.5 Å². The number of carboxylic acids is 1. The number of rotatable bonds is 6. The van der Waals surface area contributed by atoms with E-state index in [2.05, 4.69) is 49.7 Å². The minimum Gasteiger partial charge on any atom is -0.493 e. The molecule has 1 saturated heterocycles. The molecule has 0 aromatic heterocycles. The van der Waals surface area contributed by atoms with E-state index in [-0.39, 0.29) is 17.5 Å². The smallest absolute Gasteiger partial charge is 0.490 e. The van der Waals surface area contributed by atoms with Gasteiger partial charge in [-0.15, -0.1) is 0 Å². The average Bonchev–Trinajstić information content (AvgIpc) is 3.37. The summed E-state index contributed by atoms with van der Waals surface area (Å²) in [7, 11) is 3.40. The molecule has 2 saturated carbocycles. The van der Waals surface area contributed by atoms with Crippen LogP contribution in [0, 0.1) is 0 Å². The molecule has 43 heavy (non-hydrogen) atoms. The number of carboxylic acid groups (broad SMARTS) is 1. The summed E-state index contributed by atoms with van der Waals surface area (Å²) in [5.41, 5.74) is 2.22. The number of halogens is 4. The first-order valence-corrected chi connectivity index (χ1v) is 15.4. The molecule has 0 spiro atoms. The van der Waals surface area contributed by atoms with Gasteiger partial charge in [-0.1, -0.05) is 47.3 Å². The second-order valence-corrected chi connectivity index (χ2v) is 12.3. The summed E-state index contributed by atoms with van der Waals surface area (Å²) in [4.78, 5) is 24.6. The van der Waals surface area contributed by atoms with Crippen LogP contribution < -0.4 is 20.1 Å². The van der Waals surface area contributed by atoms with Crippen LogP contribution in [0.4, 0.5) is 23.7 Å². The molecule has 2 amide bonds. The number of likely N-dealkylation sites (tertiary alicyclic amines) is 1. The van der Waals surface area contributed by atoms with Gasteiger partial charge in [0.2, 0.25) is 0 Å². The topological polar surface area (TPSA) is 100 Å². The summed E-state index contributed by atoms with van der Waals surface area (Å²) in [5.74, 6) is -1.18. The number of nitrogens with zero attached hydrogens (tertiary/aromatic N) is 1. The lowest BCUT2D eigenvalue weighted by Crippen LogP contribution is -2.55. The second-order valence-electron chi connectivity index (χ2n) is 11.4. The van der Waals surface area contributed by atoms with Crippen molar-refractivity contribution in [2.75, 3.05) is 26.1 Å². The van der Waals surface area contributed by atoms with Crippen LogP contribution in [0.2, 0.25) is 0 Å². The SMILES string of the molecule is COc1ccc(C23CCC(NC(=O)Nc4cccc(Br)c4)CC2N(C2CCCCC2)CC3)cc1OC.O=C(O)C(F)(F)F. The second kappa shape index (κ2) is 14.2. The molecular weight excluding hydrogens is 631 g/mol. The number of hydrogen-bond acceptors (Lipinski definition) is 5. The Morgan fingerprint density at radius 3 is 2.33 bits per heavy atom. The highest BCUT2D eigenvalue weighted by Crippen LogP contribution is 2.51. The van der Waals surface area contributed by atoms with Crippen molar-refractivity contribution in [1.29, 1.82) is 0 Å². The highest BCUT2D eigenvalue weighted by molar-refractivity contribution is 9.10. The van der Waals surface area contributed by atoms with E-state index >= 15 is 0 Å². The molecule has 3 unspecified atom stereocenters. The Hall–Kier alpha value is -2.99. The highest BCUT2D eigenvalue weighted by Gasteiger charge is 2.53. The number of alkyl halides is 3. The molecule has 1 aliphatic heterocycles. The third-order valence-electron chi connectivity index (χ3n) is 8.96. The molecule has 12 heteroatoms. The normalized spacial score (nSPS) is 24.2. The molecule has 2 aliphatic carbocycles. The van der Waals surface area contributed by atoms with Crippen molar-refractivity contribution in [2.24, 2.45) is 0 Å². The molecule has 8 nitrogen and oxygen atoms in total. The summed E-state index contributed by atoms with van der Waals surface area (Å²) >= 11 is 3.48. The summed E-state index contributed by atoms with van der Waals surface area (Å²) in [6.45, 7) is 1.13. The molecule has 5 rings (SSSR count). The van der Waals surface area contributed by atoms with E-state index < -0.39 is 12.1 Å². The Kier molecular flexibility index (Phi) is 10.9. The number of carbonyl (C=O) groups is 2. The van der Waals surface area contributed by atoms with E-state index in [1.165, 1.54) is 37.7 Å². The zero-order valence-corrected chi connectivity index (χ0v) is 26.0. The average molecular weight is 671 g/mol. The maximum Gasteiger partial charge on any atom is 0.490 e. The molecule has 0 radical (unpaired) electrons. The van der Waals surface area contributed by atoms with Crippen LogP contribution >= 0.6 is 15.9 Å². The van der Waals surface area contributed by atoms with Crippen LogP contribution in [-0.4, -0.2) is 67.1 Å². The van der Waals surface area contributed by atoms with Gasteiger partial charge in [-0.25, -0.2) is 9.59 Å². The van der Waals surface area contributed by atoms with Crippen LogP contribution in [0.5, 0.6) is 11.5 Å². The lowest BCUT2D eigenvalue weighted by molar-refractivity contribution is -0.192. The van der Waals surface area contributed by atoms with Gasteiger partial charge in [-0.05, 0) is 81.0 Å². The summed E-state index contributed by atoms with van der Waals surface area (Å²) in [6.07, 6.45) is 5.66. The largest absolute Gasteiger partial charge is 0.493 e. The van der Waals surface area contributed by atoms with Crippen molar-refractivity contribution >= 4 is 33.6 Å². The minimum absolute atomic E-state index is 0.0793. The van der Waals surface area contributed by atoms with E-state index in [1.807, 2.05) is 24.3 Å². The quantitative estimate of drug-likeness (QED) is 0.303. The number of methoxy groups -OCH3 is 2. The molecule has 0 bridgehead atoms. The van der Waals surface area contributed by atoms with Gasteiger partial charge < -0.3 is 25.2 Å². The molecule has 3 aliphatic rings. The maximum absolute atomic E-state index is 12.9. The van der Waals surface area contributed by atoms with Crippen LogP contribution in [0.15, 0.2) is 46.9 Å². The minimum atomic E-state index is -5.08. The highest BCUT2D eigenvalue weighted by atomic mass is 79.9. The molecule has 1 heterocycles. The van der Waals surface area contributed by atoms with E-state index in [0.29, 0.717) is 12.1 Å². The molecule has 2 aromatic carbocycles. The first kappa shape index (κ1) is 32.9. The predicted molar refractivity (Wildman–Crippen MR) is 161 cm³/mol. The van der Waals surface area contributed by atoms with Gasteiger partial charge in [-0.3, -0.25) is 4.90 Å². The van der Waals surface area contributed by atoms with E-state index in [4.69, 9.17) is 19.4 Å². The van der Waals surface area contributed by atoms with Gasteiger partial charge in [0, 0.05) is 33.7 Å². The zero-order valence-electron chi connectivity index (χ0n) is 24.4. The van der Waals surface area contributed by atoms with E-state index in [0.717, 1.165) is 53.9 Å². The van der Waals surface area contributed by atoms with E-state index in [9.17, 15) is 18.0 Å². The Bertz CT molecular complexity index is 1270. The Morgan fingerprint density at radius 1 is 1.00 bits per heavy atom. The third kappa shape index (κ3) is 7.94. The van der Waals surface area contributed by atoms with Crippen molar-refractivity contribution in [3.8, 4) is 11.5 Å². The third-order valence-corrected chi connectivity index (χ3v) is 9.46. The van der Waals surface area contributed by atoms with Crippen molar-refractivity contribution in [3.05, 3.63) is 52.5 Å².